The second kappa shape index (κ2) is 9.09. The van der Waals surface area contributed by atoms with Crippen molar-refractivity contribution in [3.8, 4) is 23.0 Å². The fourth-order valence-corrected chi connectivity index (χ4v) is 5.34. The Morgan fingerprint density at radius 1 is 0.970 bits per heavy atom. The van der Waals surface area contributed by atoms with Crippen LogP contribution in [-0.2, 0) is 4.79 Å². The minimum Gasteiger partial charge on any atom is -0.508 e. The predicted molar refractivity (Wildman–Crippen MR) is 122 cm³/mol. The van der Waals surface area contributed by atoms with Gasteiger partial charge in [-0.15, -0.1) is 0 Å². The number of ether oxygens (including phenoxy) is 3. The van der Waals surface area contributed by atoms with Gasteiger partial charge in [-0.1, -0.05) is 6.07 Å². The zero-order chi connectivity index (χ0) is 23.9. The molecular weight excluding hydrogens is 426 g/mol. The predicted octanol–water partition coefficient (Wildman–Crippen LogP) is 1.74. The second-order valence-electron chi connectivity index (χ2n) is 8.49. The number of likely N-dealkylation sites (tertiary alicyclic amines) is 1. The Hall–Kier alpha value is -3.01. The number of fused-ring (bicyclic) bond motifs is 1. The highest BCUT2D eigenvalue weighted by Gasteiger charge is 2.56. The zero-order valence-corrected chi connectivity index (χ0v) is 19.5. The summed E-state index contributed by atoms with van der Waals surface area (Å²) in [5.41, 5.74) is 9.81. The topological polar surface area (TPSA) is 113 Å². The van der Waals surface area contributed by atoms with Crippen LogP contribution >= 0.6 is 0 Å². The number of nitrogens with zero attached hydrogens (tertiary/aromatic N) is 1. The van der Waals surface area contributed by atoms with Crippen LogP contribution in [-0.4, -0.2) is 61.5 Å². The molecule has 2 fully saturated rings. The smallest absolute Gasteiger partial charge is 0.242 e. The van der Waals surface area contributed by atoms with E-state index in [1.807, 2.05) is 32.0 Å². The van der Waals surface area contributed by atoms with Crippen LogP contribution in [0.5, 0.6) is 23.0 Å². The maximum absolute atomic E-state index is 13.4. The molecule has 2 aromatic rings. The average Bonchev–Trinajstić information content (AvgIpc) is 3.31. The van der Waals surface area contributed by atoms with Gasteiger partial charge in [0.2, 0.25) is 11.7 Å². The summed E-state index contributed by atoms with van der Waals surface area (Å²) in [6.07, 6.45) is 0. The van der Waals surface area contributed by atoms with Gasteiger partial charge in [-0.3, -0.25) is 4.79 Å². The van der Waals surface area contributed by atoms with Gasteiger partial charge < -0.3 is 29.3 Å². The summed E-state index contributed by atoms with van der Waals surface area (Å²) >= 11 is 0. The molecule has 2 saturated heterocycles. The van der Waals surface area contributed by atoms with Crippen molar-refractivity contribution in [3.05, 3.63) is 46.5 Å². The van der Waals surface area contributed by atoms with Crippen LogP contribution in [0.2, 0.25) is 0 Å². The van der Waals surface area contributed by atoms with Gasteiger partial charge in [-0.2, -0.15) is 0 Å². The van der Waals surface area contributed by atoms with Crippen molar-refractivity contribution < 1.29 is 29.2 Å². The lowest BCUT2D eigenvalue weighted by Crippen LogP contribution is -2.42. The number of benzene rings is 2. The molecule has 2 aromatic carbocycles. The number of aryl methyl sites for hydroxylation is 2. The maximum Gasteiger partial charge on any atom is 0.242 e. The summed E-state index contributed by atoms with van der Waals surface area (Å²) in [7, 11) is 4.63. The van der Waals surface area contributed by atoms with E-state index in [2.05, 4.69) is 10.9 Å². The number of aromatic hydroxyl groups is 1. The van der Waals surface area contributed by atoms with Crippen LogP contribution in [0.1, 0.15) is 34.3 Å². The molecule has 4 unspecified atom stereocenters. The Morgan fingerprint density at radius 3 is 2.15 bits per heavy atom. The summed E-state index contributed by atoms with van der Waals surface area (Å²) in [5, 5.41) is 20.5. The molecule has 0 aromatic heterocycles. The van der Waals surface area contributed by atoms with Crippen LogP contribution in [0.3, 0.4) is 0 Å². The van der Waals surface area contributed by atoms with Gasteiger partial charge in [-0.05, 0) is 48.7 Å². The summed E-state index contributed by atoms with van der Waals surface area (Å²) in [4.78, 5) is 15.0. The number of aliphatic hydroxyl groups is 1. The highest BCUT2D eigenvalue weighted by Crippen LogP contribution is 2.51. The molecule has 0 spiro atoms. The quantitative estimate of drug-likeness (QED) is 0.498. The van der Waals surface area contributed by atoms with Crippen molar-refractivity contribution in [2.45, 2.75) is 32.0 Å². The van der Waals surface area contributed by atoms with Crippen molar-refractivity contribution in [1.82, 2.24) is 15.8 Å². The highest BCUT2D eigenvalue weighted by molar-refractivity contribution is 5.86. The Kier molecular flexibility index (Phi) is 6.38. The number of hydrazine groups is 1. The second-order valence-corrected chi connectivity index (χ2v) is 8.49. The molecule has 2 aliphatic heterocycles. The number of aliphatic hydroxyl groups excluding tert-OH is 1. The number of nitrogens with one attached hydrogen (secondary N) is 2. The molecule has 9 nitrogen and oxygen atoms in total. The molecule has 0 saturated carbocycles. The van der Waals surface area contributed by atoms with Gasteiger partial charge in [-0.25, -0.2) is 10.9 Å². The van der Waals surface area contributed by atoms with Crippen molar-refractivity contribution in [2.75, 3.05) is 34.5 Å². The van der Waals surface area contributed by atoms with Crippen LogP contribution in [0.4, 0.5) is 0 Å². The third-order valence-electron chi connectivity index (χ3n) is 6.60. The molecule has 2 aliphatic rings. The number of amides is 1. The number of hydrogen-bond acceptors (Lipinski definition) is 8. The van der Waals surface area contributed by atoms with Crippen molar-refractivity contribution in [3.63, 3.8) is 0 Å². The van der Waals surface area contributed by atoms with Gasteiger partial charge in [0.15, 0.2) is 11.5 Å². The number of carbonyl (C=O) groups is 1. The molecular formula is C24H31N3O6. The van der Waals surface area contributed by atoms with E-state index in [-0.39, 0.29) is 36.8 Å². The molecule has 4 rings (SSSR count). The highest BCUT2D eigenvalue weighted by atomic mass is 16.5. The number of phenolic OH excluding ortho intramolecular Hbond substituents is 1. The van der Waals surface area contributed by atoms with Gasteiger partial charge in [0.1, 0.15) is 11.8 Å². The molecule has 0 aliphatic carbocycles. The van der Waals surface area contributed by atoms with E-state index in [0.717, 1.165) is 22.3 Å². The van der Waals surface area contributed by atoms with Gasteiger partial charge in [0.05, 0.1) is 40.0 Å². The molecule has 4 N–H and O–H groups in total. The zero-order valence-electron chi connectivity index (χ0n) is 19.5. The van der Waals surface area contributed by atoms with Crippen molar-refractivity contribution in [2.24, 2.45) is 5.92 Å². The van der Waals surface area contributed by atoms with Crippen LogP contribution in [0.15, 0.2) is 24.3 Å². The third kappa shape index (κ3) is 3.76. The fraction of sp³-hybridized carbons (Fsp3) is 0.458. The van der Waals surface area contributed by atoms with E-state index in [9.17, 15) is 15.0 Å². The van der Waals surface area contributed by atoms with Gasteiger partial charge >= 0.3 is 0 Å². The van der Waals surface area contributed by atoms with E-state index >= 15 is 0 Å². The average molecular weight is 458 g/mol. The van der Waals surface area contributed by atoms with Gasteiger partial charge in [0.25, 0.3) is 0 Å². The lowest BCUT2D eigenvalue weighted by atomic mass is 9.81. The Balaban J connectivity index is 1.87. The normalized spacial score (nSPS) is 24.2. The minimum atomic E-state index is -0.522. The molecule has 1 amide bonds. The summed E-state index contributed by atoms with van der Waals surface area (Å²) < 4.78 is 16.6. The van der Waals surface area contributed by atoms with Crippen LogP contribution in [0, 0.1) is 19.8 Å². The number of phenols is 1. The summed E-state index contributed by atoms with van der Waals surface area (Å²) in [6, 6.07) is 6.15. The maximum atomic E-state index is 13.4. The summed E-state index contributed by atoms with van der Waals surface area (Å²) in [5.74, 6) is 1.23. The molecule has 0 radical (unpaired) electrons. The monoisotopic (exact) mass is 457 g/mol. The Labute approximate surface area is 193 Å². The number of rotatable bonds is 7. The van der Waals surface area contributed by atoms with Crippen LogP contribution in [0.25, 0.3) is 0 Å². The molecule has 178 valence electrons. The van der Waals surface area contributed by atoms with Crippen molar-refractivity contribution in [1.29, 1.82) is 0 Å². The molecule has 33 heavy (non-hydrogen) atoms. The standard InChI is InChI=1S/C24H31N3O6/c1-12-8-13(2)18(15(29)9-12)20-19-21(26-25-20)24(30)27(6-7-28)22(19)14-10-16(31-3)23(33-5)17(11-14)32-4/h8-11,19-22,25-26,28-29H,6-7H2,1-5H3. The van der Waals surface area contributed by atoms with Gasteiger partial charge in [0, 0.05) is 18.0 Å². The first-order chi connectivity index (χ1) is 15.9. The van der Waals surface area contributed by atoms with Crippen LogP contribution < -0.4 is 25.1 Å². The van der Waals surface area contributed by atoms with E-state index in [1.54, 1.807) is 25.2 Å². The first-order valence-electron chi connectivity index (χ1n) is 10.9. The number of methoxy groups -OCH3 is 3. The number of hydrogen-bond donors (Lipinski definition) is 4. The lowest BCUT2D eigenvalue weighted by Gasteiger charge is -2.32. The molecule has 0 bridgehead atoms. The van der Waals surface area contributed by atoms with E-state index < -0.39 is 12.1 Å². The first kappa shape index (κ1) is 23.2. The number of β-amino-alcohol motifs (C(OH)–C–C–N with tert-alkyl or cyclic N) is 1. The Morgan fingerprint density at radius 2 is 1.61 bits per heavy atom. The third-order valence-corrected chi connectivity index (χ3v) is 6.60. The van der Waals surface area contributed by atoms with Crippen molar-refractivity contribution >= 4 is 5.91 Å². The molecule has 2 heterocycles. The first-order valence-corrected chi connectivity index (χ1v) is 10.9. The summed E-state index contributed by atoms with van der Waals surface area (Å²) in [6.45, 7) is 3.90. The minimum absolute atomic E-state index is 0.118. The van der Waals surface area contributed by atoms with E-state index in [0.29, 0.717) is 17.2 Å². The molecule has 4 atom stereocenters. The number of carbonyl (C=O) groups excluding carboxylic acids is 1. The largest absolute Gasteiger partial charge is 0.508 e. The van der Waals surface area contributed by atoms with E-state index in [4.69, 9.17) is 14.2 Å². The fourth-order valence-electron chi connectivity index (χ4n) is 5.34. The SMILES string of the molecule is COc1cc(C2C3C(NNC3c3c(C)cc(C)cc3O)C(=O)N2CCO)cc(OC)c1OC. The molecule has 9 heteroatoms. The van der Waals surface area contributed by atoms with E-state index in [1.165, 1.54) is 7.11 Å². The lowest BCUT2D eigenvalue weighted by molar-refractivity contribution is -0.131. The Bertz CT molecular complexity index is 1010.